The van der Waals surface area contributed by atoms with Crippen molar-refractivity contribution in [3.8, 4) is 0 Å². The number of amides is 1. The lowest BCUT2D eigenvalue weighted by atomic mass is 10.1. The molecule has 1 amide bonds. The number of thioether (sulfide) groups is 1. The van der Waals surface area contributed by atoms with E-state index in [1.807, 2.05) is 49.6 Å². The lowest BCUT2D eigenvalue weighted by Crippen LogP contribution is -2.41. The second-order valence-electron chi connectivity index (χ2n) is 6.51. The van der Waals surface area contributed by atoms with Crippen LogP contribution in [0.5, 0.6) is 0 Å². The van der Waals surface area contributed by atoms with Crippen molar-refractivity contribution in [3.05, 3.63) is 46.7 Å². The second-order valence-corrected chi connectivity index (χ2v) is 7.89. The van der Waals surface area contributed by atoms with Gasteiger partial charge in [-0.15, -0.1) is 0 Å². The minimum Gasteiger partial charge on any atom is -0.390 e. The molecule has 0 spiro atoms. The summed E-state index contributed by atoms with van der Waals surface area (Å²) in [4.78, 5) is 16.4. The third kappa shape index (κ3) is 5.85. The molecule has 2 aromatic rings. The average Bonchev–Trinajstić information content (AvgIpc) is 2.88. The first-order chi connectivity index (χ1) is 11.3. The highest BCUT2D eigenvalue weighted by Gasteiger charge is 2.16. The summed E-state index contributed by atoms with van der Waals surface area (Å²) in [6.45, 7) is 6.31. The van der Waals surface area contributed by atoms with Gasteiger partial charge in [-0.3, -0.25) is 4.79 Å². The summed E-state index contributed by atoms with van der Waals surface area (Å²) in [5.74, 6) is 0.235. The first-order valence-electron chi connectivity index (χ1n) is 7.62. The van der Waals surface area contributed by atoms with Crippen LogP contribution in [0.25, 0.3) is 0 Å². The Hall–Kier alpha value is -1.50. The second kappa shape index (κ2) is 8.05. The summed E-state index contributed by atoms with van der Waals surface area (Å²) in [5.41, 5.74) is 1.40. The molecule has 0 aliphatic rings. The number of aliphatic hydroxyl groups is 1. The van der Waals surface area contributed by atoms with Crippen LogP contribution in [0.3, 0.4) is 0 Å². The van der Waals surface area contributed by atoms with Crippen molar-refractivity contribution < 1.29 is 9.90 Å². The van der Waals surface area contributed by atoms with E-state index in [0.717, 1.165) is 5.56 Å². The molecule has 7 heteroatoms. The largest absolute Gasteiger partial charge is 0.390 e. The fourth-order valence-electron chi connectivity index (χ4n) is 2.13. The van der Waals surface area contributed by atoms with Crippen LogP contribution in [0.1, 0.15) is 32.0 Å². The number of halogens is 1. The number of benzene rings is 1. The maximum absolute atomic E-state index is 12.0. The van der Waals surface area contributed by atoms with E-state index in [-0.39, 0.29) is 23.8 Å². The molecule has 0 bridgehead atoms. The van der Waals surface area contributed by atoms with E-state index >= 15 is 0 Å². The molecule has 2 rings (SSSR count). The van der Waals surface area contributed by atoms with Crippen molar-refractivity contribution in [2.75, 3.05) is 5.75 Å². The zero-order valence-electron chi connectivity index (χ0n) is 14.0. The van der Waals surface area contributed by atoms with Gasteiger partial charge in [-0.25, -0.2) is 4.98 Å². The number of nitrogens with zero attached hydrogens (tertiary/aromatic N) is 2. The maximum Gasteiger partial charge on any atom is 0.230 e. The van der Waals surface area contributed by atoms with Gasteiger partial charge in [-0.05, 0) is 38.5 Å². The van der Waals surface area contributed by atoms with Crippen molar-refractivity contribution in [2.45, 2.75) is 44.6 Å². The normalized spacial score (nSPS) is 11.5. The van der Waals surface area contributed by atoms with Gasteiger partial charge in [0.05, 0.1) is 18.1 Å². The Kier molecular flexibility index (Phi) is 6.32. The zero-order chi connectivity index (χ0) is 17.7. The van der Waals surface area contributed by atoms with Crippen LogP contribution >= 0.6 is 23.4 Å². The number of carbonyl (C=O) groups excluding carboxylic acids is 1. The molecule has 0 radical (unpaired) electrons. The monoisotopic (exact) mass is 367 g/mol. The van der Waals surface area contributed by atoms with E-state index in [9.17, 15) is 9.90 Å². The molecule has 2 N–H and O–H groups in total. The highest BCUT2D eigenvalue weighted by Crippen LogP contribution is 2.20. The molecule has 1 aromatic carbocycles. The smallest absolute Gasteiger partial charge is 0.230 e. The highest BCUT2D eigenvalue weighted by atomic mass is 35.5. The van der Waals surface area contributed by atoms with Crippen LogP contribution in [-0.2, 0) is 17.9 Å². The lowest BCUT2D eigenvalue weighted by Gasteiger charge is -2.20. The molecule has 24 heavy (non-hydrogen) atoms. The van der Waals surface area contributed by atoms with E-state index in [4.69, 9.17) is 11.6 Å². The summed E-state index contributed by atoms with van der Waals surface area (Å²) < 4.78 is 1.93. The number of aromatic nitrogens is 2. The summed E-state index contributed by atoms with van der Waals surface area (Å²) in [7, 11) is 0. The molecular formula is C17H22ClN3O2S. The molecule has 0 atom stereocenters. The lowest BCUT2D eigenvalue weighted by molar-refractivity contribution is -0.119. The third-order valence-electron chi connectivity index (χ3n) is 3.06. The quantitative estimate of drug-likeness (QED) is 0.770. The number of hydrogen-bond donors (Lipinski definition) is 2. The van der Waals surface area contributed by atoms with Crippen LogP contribution in [0.2, 0.25) is 5.02 Å². The van der Waals surface area contributed by atoms with Gasteiger partial charge >= 0.3 is 0 Å². The number of rotatable bonds is 6. The van der Waals surface area contributed by atoms with Gasteiger partial charge in [-0.1, -0.05) is 35.5 Å². The number of hydrogen-bond acceptors (Lipinski definition) is 4. The molecule has 0 aliphatic carbocycles. The van der Waals surface area contributed by atoms with Gasteiger partial charge in [-0.2, -0.15) is 0 Å². The van der Waals surface area contributed by atoms with E-state index in [1.54, 1.807) is 6.20 Å². The number of nitrogens with one attached hydrogen (secondary N) is 1. The third-order valence-corrected chi connectivity index (χ3v) is 4.31. The summed E-state index contributed by atoms with van der Waals surface area (Å²) in [6, 6.07) is 7.57. The SMILES string of the molecule is CC(C)(C)NC(=O)CSc1nc(CO)cn1Cc1ccc(Cl)cc1. The van der Waals surface area contributed by atoms with Gasteiger partial charge in [0.1, 0.15) is 0 Å². The Balaban J connectivity index is 2.07. The van der Waals surface area contributed by atoms with Crippen LogP contribution in [-0.4, -0.2) is 31.9 Å². The van der Waals surface area contributed by atoms with E-state index in [0.29, 0.717) is 22.4 Å². The van der Waals surface area contributed by atoms with Gasteiger partial charge in [0, 0.05) is 23.3 Å². The summed E-state index contributed by atoms with van der Waals surface area (Å²) in [6.07, 6.45) is 1.80. The van der Waals surface area contributed by atoms with Gasteiger partial charge < -0.3 is 15.0 Å². The van der Waals surface area contributed by atoms with Crippen molar-refractivity contribution in [1.29, 1.82) is 0 Å². The number of aliphatic hydroxyl groups excluding tert-OH is 1. The molecule has 0 aliphatic heterocycles. The van der Waals surface area contributed by atoms with Crippen molar-refractivity contribution >= 4 is 29.3 Å². The predicted octanol–water partition coefficient (Wildman–Crippen LogP) is 3.08. The Bertz CT molecular complexity index is 693. The molecule has 0 fully saturated rings. The molecule has 130 valence electrons. The first kappa shape index (κ1) is 18.8. The Morgan fingerprint density at radius 2 is 2.00 bits per heavy atom. The van der Waals surface area contributed by atoms with Crippen LogP contribution in [0.4, 0.5) is 0 Å². The average molecular weight is 368 g/mol. The molecule has 1 aromatic heterocycles. The summed E-state index contributed by atoms with van der Waals surface area (Å²) in [5, 5.41) is 13.6. The molecule has 0 saturated carbocycles. The minimum atomic E-state index is -0.257. The van der Waals surface area contributed by atoms with Gasteiger partial charge in [0.2, 0.25) is 5.91 Å². The Labute approximate surface area is 151 Å². The Morgan fingerprint density at radius 3 is 2.58 bits per heavy atom. The van der Waals surface area contributed by atoms with Crippen LogP contribution < -0.4 is 5.32 Å². The first-order valence-corrected chi connectivity index (χ1v) is 8.98. The van der Waals surface area contributed by atoms with Crippen molar-refractivity contribution in [2.24, 2.45) is 0 Å². The molecule has 0 unspecified atom stereocenters. The molecule has 5 nitrogen and oxygen atoms in total. The summed E-state index contributed by atoms with van der Waals surface area (Å²) >= 11 is 7.27. The van der Waals surface area contributed by atoms with Crippen LogP contribution in [0, 0.1) is 0 Å². The number of carbonyl (C=O) groups is 1. The molecular weight excluding hydrogens is 346 g/mol. The maximum atomic E-state index is 12.0. The van der Waals surface area contributed by atoms with E-state index < -0.39 is 0 Å². The minimum absolute atomic E-state index is 0.0425. The van der Waals surface area contributed by atoms with E-state index in [1.165, 1.54) is 11.8 Å². The Morgan fingerprint density at radius 1 is 1.33 bits per heavy atom. The van der Waals surface area contributed by atoms with E-state index in [2.05, 4.69) is 10.3 Å². The highest BCUT2D eigenvalue weighted by molar-refractivity contribution is 7.99. The zero-order valence-corrected chi connectivity index (χ0v) is 15.6. The van der Waals surface area contributed by atoms with Crippen molar-refractivity contribution in [1.82, 2.24) is 14.9 Å². The topological polar surface area (TPSA) is 67.2 Å². The fourth-order valence-corrected chi connectivity index (χ4v) is 3.05. The van der Waals surface area contributed by atoms with Gasteiger partial charge in [0.25, 0.3) is 0 Å². The fraction of sp³-hybridized carbons (Fsp3) is 0.412. The molecule has 0 saturated heterocycles. The van der Waals surface area contributed by atoms with Crippen LogP contribution in [0.15, 0.2) is 35.6 Å². The molecule has 1 heterocycles. The number of imidazole rings is 1. The van der Waals surface area contributed by atoms with Gasteiger partial charge in [0.15, 0.2) is 5.16 Å². The van der Waals surface area contributed by atoms with Crippen molar-refractivity contribution in [3.63, 3.8) is 0 Å². The standard InChI is InChI=1S/C17H22ClN3O2S/c1-17(2,3)20-15(23)11-24-16-19-14(10-22)9-21(16)8-12-4-6-13(18)7-5-12/h4-7,9,22H,8,10-11H2,1-3H3,(H,20,23). The predicted molar refractivity (Wildman–Crippen MR) is 97.3 cm³/mol.